The first-order valence-electron chi connectivity index (χ1n) is 8.86. The highest BCUT2D eigenvalue weighted by Gasteiger charge is 2.31. The number of aryl methyl sites for hydroxylation is 2. The zero-order chi connectivity index (χ0) is 20.2. The SMILES string of the molecule is CCc1cccc(CC)c1NC(=O)C(C)N(c1ccccc1F)S(C)(=O)=O. The molecule has 0 aliphatic heterocycles. The highest BCUT2D eigenvalue weighted by molar-refractivity contribution is 7.92. The van der Waals surface area contributed by atoms with E-state index in [1.807, 2.05) is 32.0 Å². The van der Waals surface area contributed by atoms with Crippen molar-refractivity contribution in [3.63, 3.8) is 0 Å². The second-order valence-electron chi connectivity index (χ2n) is 6.33. The first-order valence-corrected chi connectivity index (χ1v) is 10.7. The lowest BCUT2D eigenvalue weighted by Gasteiger charge is -2.29. The number of carbonyl (C=O) groups is 1. The van der Waals surface area contributed by atoms with E-state index in [1.54, 1.807) is 0 Å². The molecule has 0 saturated heterocycles. The van der Waals surface area contributed by atoms with Crippen LogP contribution >= 0.6 is 0 Å². The molecule has 2 rings (SSSR count). The third kappa shape index (κ3) is 4.66. The standard InChI is InChI=1S/C20H25FN2O3S/c1-5-15-10-9-11-16(6-2)19(15)22-20(24)14(3)23(27(4,25)26)18-13-8-7-12-17(18)21/h7-14H,5-6H2,1-4H3,(H,22,24). The van der Waals surface area contributed by atoms with Gasteiger partial charge < -0.3 is 5.32 Å². The Kier molecular flexibility index (Phi) is 6.59. The van der Waals surface area contributed by atoms with Gasteiger partial charge in [-0.2, -0.15) is 0 Å². The van der Waals surface area contributed by atoms with E-state index in [0.29, 0.717) is 5.69 Å². The van der Waals surface area contributed by atoms with Gasteiger partial charge in [-0.05, 0) is 43.0 Å². The summed E-state index contributed by atoms with van der Waals surface area (Å²) in [6.45, 7) is 5.41. The number of sulfonamides is 1. The molecule has 5 nitrogen and oxygen atoms in total. The average Bonchev–Trinajstić information content (AvgIpc) is 2.62. The van der Waals surface area contributed by atoms with Crippen LogP contribution in [0.4, 0.5) is 15.8 Å². The maximum absolute atomic E-state index is 14.2. The number of halogens is 1. The number of para-hydroxylation sites is 2. The Morgan fingerprint density at radius 2 is 1.63 bits per heavy atom. The van der Waals surface area contributed by atoms with Gasteiger partial charge >= 0.3 is 0 Å². The van der Waals surface area contributed by atoms with Crippen molar-refractivity contribution in [3.05, 3.63) is 59.4 Å². The smallest absolute Gasteiger partial charge is 0.248 e. The fourth-order valence-corrected chi connectivity index (χ4v) is 4.22. The van der Waals surface area contributed by atoms with Gasteiger partial charge in [0.15, 0.2) is 0 Å². The van der Waals surface area contributed by atoms with Crippen LogP contribution in [0, 0.1) is 5.82 Å². The van der Waals surface area contributed by atoms with Crippen LogP contribution in [0.15, 0.2) is 42.5 Å². The van der Waals surface area contributed by atoms with E-state index < -0.39 is 27.8 Å². The van der Waals surface area contributed by atoms with Gasteiger partial charge in [0, 0.05) is 5.69 Å². The summed E-state index contributed by atoms with van der Waals surface area (Å²) in [7, 11) is -3.88. The molecule has 0 heterocycles. The minimum absolute atomic E-state index is 0.151. The molecule has 0 aliphatic rings. The summed E-state index contributed by atoms with van der Waals surface area (Å²) in [5.41, 5.74) is 2.47. The second-order valence-corrected chi connectivity index (χ2v) is 8.19. The third-order valence-corrected chi connectivity index (χ3v) is 5.65. The molecule has 0 aromatic heterocycles. The van der Waals surface area contributed by atoms with Crippen LogP contribution in [-0.4, -0.2) is 26.6 Å². The van der Waals surface area contributed by atoms with Crippen molar-refractivity contribution >= 4 is 27.3 Å². The Labute approximate surface area is 160 Å². The van der Waals surface area contributed by atoms with Crippen molar-refractivity contribution in [2.45, 2.75) is 39.7 Å². The fraction of sp³-hybridized carbons (Fsp3) is 0.350. The predicted molar refractivity (Wildman–Crippen MR) is 107 cm³/mol. The third-order valence-electron chi connectivity index (χ3n) is 4.43. The lowest BCUT2D eigenvalue weighted by molar-refractivity contribution is -0.116. The van der Waals surface area contributed by atoms with Crippen molar-refractivity contribution in [2.75, 3.05) is 15.9 Å². The van der Waals surface area contributed by atoms with E-state index in [4.69, 9.17) is 0 Å². The molecule has 0 aliphatic carbocycles. The van der Waals surface area contributed by atoms with Gasteiger partial charge in [0.05, 0.1) is 11.9 Å². The monoisotopic (exact) mass is 392 g/mol. The maximum Gasteiger partial charge on any atom is 0.248 e. The van der Waals surface area contributed by atoms with Crippen molar-refractivity contribution < 1.29 is 17.6 Å². The molecule has 0 radical (unpaired) electrons. The van der Waals surface area contributed by atoms with Crippen molar-refractivity contribution in [1.29, 1.82) is 0 Å². The number of nitrogens with zero attached hydrogens (tertiary/aromatic N) is 1. The quantitative estimate of drug-likeness (QED) is 0.780. The van der Waals surface area contributed by atoms with Crippen LogP contribution < -0.4 is 9.62 Å². The highest BCUT2D eigenvalue weighted by atomic mass is 32.2. The molecule has 1 N–H and O–H groups in total. The topological polar surface area (TPSA) is 66.5 Å². The Hall–Kier alpha value is -2.41. The molecule has 0 spiro atoms. The zero-order valence-corrected chi connectivity index (χ0v) is 16.8. The Morgan fingerprint density at radius 1 is 1.07 bits per heavy atom. The van der Waals surface area contributed by atoms with Gasteiger partial charge in [0.1, 0.15) is 11.9 Å². The number of nitrogens with one attached hydrogen (secondary N) is 1. The minimum Gasteiger partial charge on any atom is -0.324 e. The maximum atomic E-state index is 14.2. The number of anilines is 2. The van der Waals surface area contributed by atoms with Gasteiger partial charge in [-0.25, -0.2) is 12.8 Å². The summed E-state index contributed by atoms with van der Waals surface area (Å²) in [5, 5.41) is 2.86. The molecule has 27 heavy (non-hydrogen) atoms. The highest BCUT2D eigenvalue weighted by Crippen LogP contribution is 2.26. The van der Waals surface area contributed by atoms with Crippen molar-refractivity contribution in [1.82, 2.24) is 0 Å². The summed E-state index contributed by atoms with van der Waals surface area (Å²) >= 11 is 0. The van der Waals surface area contributed by atoms with E-state index in [2.05, 4.69) is 5.32 Å². The zero-order valence-electron chi connectivity index (χ0n) is 16.0. The lowest BCUT2D eigenvalue weighted by atomic mass is 10.0. The Balaban J connectivity index is 2.42. The molecule has 0 saturated carbocycles. The van der Waals surface area contributed by atoms with Gasteiger partial charge in [-0.15, -0.1) is 0 Å². The molecule has 146 valence electrons. The summed E-state index contributed by atoms with van der Waals surface area (Å²) in [6.07, 6.45) is 2.41. The summed E-state index contributed by atoms with van der Waals surface area (Å²) in [4.78, 5) is 12.9. The number of hydrogen-bond donors (Lipinski definition) is 1. The van der Waals surface area contributed by atoms with Gasteiger partial charge in [-0.1, -0.05) is 44.2 Å². The fourth-order valence-electron chi connectivity index (χ4n) is 3.04. The van der Waals surface area contributed by atoms with Crippen LogP contribution in [0.25, 0.3) is 0 Å². The van der Waals surface area contributed by atoms with E-state index >= 15 is 0 Å². The summed E-state index contributed by atoms with van der Waals surface area (Å²) < 4.78 is 39.7. The van der Waals surface area contributed by atoms with E-state index in [-0.39, 0.29) is 5.69 Å². The second kappa shape index (κ2) is 8.52. The number of hydrogen-bond acceptors (Lipinski definition) is 3. The number of rotatable bonds is 7. The predicted octanol–water partition coefficient (Wildman–Crippen LogP) is 3.74. The lowest BCUT2D eigenvalue weighted by Crippen LogP contribution is -2.46. The van der Waals surface area contributed by atoms with E-state index in [0.717, 1.165) is 34.5 Å². The van der Waals surface area contributed by atoms with E-state index in [1.165, 1.54) is 31.2 Å². The molecule has 1 amide bonds. The summed E-state index contributed by atoms with van der Waals surface area (Å²) in [6, 6.07) is 10.2. The van der Waals surface area contributed by atoms with Gasteiger partial charge in [0.25, 0.3) is 0 Å². The van der Waals surface area contributed by atoms with Crippen molar-refractivity contribution in [3.8, 4) is 0 Å². The van der Waals surface area contributed by atoms with Crippen LogP contribution in [0.2, 0.25) is 0 Å². The number of amides is 1. The van der Waals surface area contributed by atoms with E-state index in [9.17, 15) is 17.6 Å². The summed E-state index contributed by atoms with van der Waals surface area (Å²) in [5.74, 6) is -1.22. The molecule has 0 fully saturated rings. The molecule has 1 unspecified atom stereocenters. The molecule has 7 heteroatoms. The van der Waals surface area contributed by atoms with Crippen LogP contribution in [0.5, 0.6) is 0 Å². The molecule has 0 bridgehead atoms. The van der Waals surface area contributed by atoms with Crippen LogP contribution in [0.1, 0.15) is 31.9 Å². The molecular weight excluding hydrogens is 367 g/mol. The number of carbonyl (C=O) groups excluding carboxylic acids is 1. The minimum atomic E-state index is -3.88. The largest absolute Gasteiger partial charge is 0.324 e. The first-order chi connectivity index (χ1) is 12.7. The van der Waals surface area contributed by atoms with Gasteiger partial charge in [-0.3, -0.25) is 9.10 Å². The van der Waals surface area contributed by atoms with Crippen molar-refractivity contribution in [2.24, 2.45) is 0 Å². The van der Waals surface area contributed by atoms with Crippen LogP contribution in [0.3, 0.4) is 0 Å². The Bertz CT molecular complexity index is 906. The molecule has 1 atom stereocenters. The van der Waals surface area contributed by atoms with Gasteiger partial charge in [0.2, 0.25) is 15.9 Å². The normalized spacial score (nSPS) is 12.5. The molecular formula is C20H25FN2O3S. The average molecular weight is 392 g/mol. The molecule has 2 aromatic carbocycles. The Morgan fingerprint density at radius 3 is 2.11 bits per heavy atom. The molecule has 2 aromatic rings. The van der Waals surface area contributed by atoms with Crippen LogP contribution in [-0.2, 0) is 27.7 Å². The number of benzene rings is 2. The first kappa shape index (κ1) is 20.9.